The standard InChI is InChI=1S/C17H28N4O3S/c1-4-19(5-2)17(22)18-15-7-9-16(10-8-15)20-11-13-21(14-12-20)25(23,24)6-3/h7-10H,4-6,11-14H2,1-3H3,(H,18,22). The van der Waals surface area contributed by atoms with Crippen LogP contribution in [0.1, 0.15) is 20.8 Å². The molecule has 1 aromatic rings. The van der Waals surface area contributed by atoms with E-state index in [1.165, 1.54) is 0 Å². The van der Waals surface area contributed by atoms with Gasteiger partial charge in [-0.25, -0.2) is 13.2 Å². The van der Waals surface area contributed by atoms with Gasteiger partial charge >= 0.3 is 6.03 Å². The first-order valence-electron chi connectivity index (χ1n) is 8.80. The third kappa shape index (κ3) is 4.85. The summed E-state index contributed by atoms with van der Waals surface area (Å²) < 4.78 is 25.4. The number of amides is 2. The van der Waals surface area contributed by atoms with E-state index in [2.05, 4.69) is 10.2 Å². The lowest BCUT2D eigenvalue weighted by Gasteiger charge is -2.35. The Morgan fingerprint density at radius 3 is 2.08 bits per heavy atom. The maximum atomic E-state index is 12.1. The fourth-order valence-corrected chi connectivity index (χ4v) is 3.96. The lowest BCUT2D eigenvalue weighted by atomic mass is 10.2. The van der Waals surface area contributed by atoms with Gasteiger partial charge in [0, 0.05) is 50.6 Å². The normalized spacial score (nSPS) is 15.9. The Hall–Kier alpha value is -1.80. The summed E-state index contributed by atoms with van der Waals surface area (Å²) in [5.74, 6) is 0.147. The van der Waals surface area contributed by atoms with Crippen molar-refractivity contribution in [2.45, 2.75) is 20.8 Å². The van der Waals surface area contributed by atoms with Crippen LogP contribution >= 0.6 is 0 Å². The second-order valence-corrected chi connectivity index (χ2v) is 8.19. The van der Waals surface area contributed by atoms with Gasteiger partial charge in [0.05, 0.1) is 5.75 Å². The minimum absolute atomic E-state index is 0.101. The minimum Gasteiger partial charge on any atom is -0.369 e. The number of urea groups is 1. The number of nitrogens with one attached hydrogen (secondary N) is 1. The van der Waals surface area contributed by atoms with Gasteiger partial charge in [-0.1, -0.05) is 0 Å². The van der Waals surface area contributed by atoms with Crippen molar-refractivity contribution in [3.63, 3.8) is 0 Å². The van der Waals surface area contributed by atoms with Crippen LogP contribution in [0.4, 0.5) is 16.2 Å². The summed E-state index contributed by atoms with van der Waals surface area (Å²) in [6.07, 6.45) is 0. The molecule has 1 fully saturated rings. The number of benzene rings is 1. The van der Waals surface area contributed by atoms with E-state index in [9.17, 15) is 13.2 Å². The molecule has 1 aliphatic rings. The zero-order valence-corrected chi connectivity index (χ0v) is 16.1. The average molecular weight is 369 g/mol. The van der Waals surface area contributed by atoms with Gasteiger partial charge in [-0.15, -0.1) is 0 Å². The third-order valence-electron chi connectivity index (χ3n) is 4.53. The summed E-state index contributed by atoms with van der Waals surface area (Å²) in [7, 11) is -3.11. The number of hydrogen-bond donors (Lipinski definition) is 1. The highest BCUT2D eigenvalue weighted by molar-refractivity contribution is 7.89. The zero-order chi connectivity index (χ0) is 18.4. The third-order valence-corrected chi connectivity index (χ3v) is 6.41. The van der Waals surface area contributed by atoms with Gasteiger partial charge in [0.2, 0.25) is 10.0 Å². The summed E-state index contributed by atoms with van der Waals surface area (Å²) >= 11 is 0. The molecule has 0 atom stereocenters. The molecule has 1 N–H and O–H groups in total. The van der Waals surface area contributed by atoms with Crippen LogP contribution in [0.15, 0.2) is 24.3 Å². The summed E-state index contributed by atoms with van der Waals surface area (Å²) in [6.45, 7) is 9.28. The Bertz CT molecular complexity index is 664. The molecule has 1 saturated heterocycles. The predicted octanol–water partition coefficient (Wildman–Crippen LogP) is 2.03. The largest absolute Gasteiger partial charge is 0.369 e. The topological polar surface area (TPSA) is 73.0 Å². The number of anilines is 2. The Labute approximate surface area is 150 Å². The van der Waals surface area contributed by atoms with Crippen molar-refractivity contribution < 1.29 is 13.2 Å². The zero-order valence-electron chi connectivity index (χ0n) is 15.2. The summed E-state index contributed by atoms with van der Waals surface area (Å²) in [6, 6.07) is 7.58. The van der Waals surface area contributed by atoms with Crippen LogP contribution in [-0.2, 0) is 10.0 Å². The molecule has 0 aromatic heterocycles. The van der Waals surface area contributed by atoms with Crippen molar-refractivity contribution in [3.8, 4) is 0 Å². The van der Waals surface area contributed by atoms with Gasteiger partial charge in [-0.05, 0) is 45.0 Å². The van der Waals surface area contributed by atoms with E-state index in [4.69, 9.17) is 0 Å². The van der Waals surface area contributed by atoms with Gasteiger partial charge in [0.25, 0.3) is 0 Å². The molecule has 0 radical (unpaired) electrons. The average Bonchev–Trinajstić information content (AvgIpc) is 2.63. The molecular weight excluding hydrogens is 340 g/mol. The van der Waals surface area contributed by atoms with Gasteiger partial charge in [0.15, 0.2) is 0 Å². The molecule has 8 heteroatoms. The summed E-state index contributed by atoms with van der Waals surface area (Å²) in [5.41, 5.74) is 1.79. The van der Waals surface area contributed by atoms with Gasteiger partial charge in [0.1, 0.15) is 0 Å². The van der Waals surface area contributed by atoms with E-state index >= 15 is 0 Å². The van der Waals surface area contributed by atoms with Crippen molar-refractivity contribution in [3.05, 3.63) is 24.3 Å². The molecule has 140 valence electrons. The van der Waals surface area contributed by atoms with Crippen molar-refractivity contribution in [1.29, 1.82) is 0 Å². The van der Waals surface area contributed by atoms with E-state index in [-0.39, 0.29) is 11.8 Å². The number of nitrogens with zero attached hydrogens (tertiary/aromatic N) is 3. The molecule has 0 bridgehead atoms. The minimum atomic E-state index is -3.11. The number of sulfonamides is 1. The molecule has 1 aromatic carbocycles. The molecular formula is C17H28N4O3S. The SMILES string of the molecule is CCN(CC)C(=O)Nc1ccc(N2CCN(S(=O)(=O)CC)CC2)cc1. The van der Waals surface area contributed by atoms with Crippen molar-refractivity contribution in [2.24, 2.45) is 0 Å². The first-order valence-corrected chi connectivity index (χ1v) is 10.4. The summed E-state index contributed by atoms with van der Waals surface area (Å²) in [5, 5.41) is 2.89. The Kier molecular flexibility index (Phi) is 6.66. The van der Waals surface area contributed by atoms with Crippen molar-refractivity contribution >= 4 is 27.4 Å². The molecule has 0 aliphatic carbocycles. The number of carbonyl (C=O) groups is 1. The Balaban J connectivity index is 1.94. The predicted molar refractivity (Wildman–Crippen MR) is 102 cm³/mol. The molecule has 1 aliphatic heterocycles. The Morgan fingerprint density at radius 2 is 1.60 bits per heavy atom. The van der Waals surface area contributed by atoms with Crippen LogP contribution < -0.4 is 10.2 Å². The number of piperazine rings is 1. The molecule has 7 nitrogen and oxygen atoms in total. The number of rotatable bonds is 6. The van der Waals surface area contributed by atoms with Gasteiger partial charge in [-0.3, -0.25) is 0 Å². The molecule has 0 unspecified atom stereocenters. The van der Waals surface area contributed by atoms with Gasteiger partial charge < -0.3 is 15.1 Å². The highest BCUT2D eigenvalue weighted by atomic mass is 32.2. The van der Waals surface area contributed by atoms with E-state index in [1.54, 1.807) is 16.1 Å². The molecule has 1 heterocycles. The highest BCUT2D eigenvalue weighted by Crippen LogP contribution is 2.20. The quantitative estimate of drug-likeness (QED) is 0.834. The number of hydrogen-bond acceptors (Lipinski definition) is 4. The van der Waals surface area contributed by atoms with Crippen LogP contribution in [-0.4, -0.2) is 68.7 Å². The van der Waals surface area contributed by atoms with Crippen molar-refractivity contribution in [2.75, 3.05) is 55.2 Å². The monoisotopic (exact) mass is 368 g/mol. The fourth-order valence-electron chi connectivity index (χ4n) is 2.88. The van der Waals surface area contributed by atoms with E-state index in [0.29, 0.717) is 39.3 Å². The summed E-state index contributed by atoms with van der Waals surface area (Å²) in [4.78, 5) is 15.9. The van der Waals surface area contributed by atoms with E-state index in [0.717, 1.165) is 11.4 Å². The maximum Gasteiger partial charge on any atom is 0.321 e. The highest BCUT2D eigenvalue weighted by Gasteiger charge is 2.25. The Morgan fingerprint density at radius 1 is 1.04 bits per heavy atom. The molecule has 2 rings (SSSR count). The van der Waals surface area contributed by atoms with Crippen LogP contribution in [0.5, 0.6) is 0 Å². The number of carbonyl (C=O) groups excluding carboxylic acids is 1. The first kappa shape index (κ1) is 19.5. The molecule has 0 spiro atoms. The fraction of sp³-hybridized carbons (Fsp3) is 0.588. The van der Waals surface area contributed by atoms with Crippen LogP contribution in [0.25, 0.3) is 0 Å². The second-order valence-electron chi connectivity index (χ2n) is 5.94. The smallest absolute Gasteiger partial charge is 0.321 e. The second kappa shape index (κ2) is 8.53. The molecule has 2 amide bonds. The molecule has 25 heavy (non-hydrogen) atoms. The molecule has 0 saturated carbocycles. The van der Waals surface area contributed by atoms with Crippen LogP contribution in [0.3, 0.4) is 0 Å². The van der Waals surface area contributed by atoms with E-state index < -0.39 is 10.0 Å². The first-order chi connectivity index (χ1) is 11.9. The lowest BCUT2D eigenvalue weighted by Crippen LogP contribution is -2.49. The van der Waals surface area contributed by atoms with Crippen LogP contribution in [0.2, 0.25) is 0 Å². The lowest BCUT2D eigenvalue weighted by molar-refractivity contribution is 0.217. The maximum absolute atomic E-state index is 12.1. The van der Waals surface area contributed by atoms with Gasteiger partial charge in [-0.2, -0.15) is 4.31 Å². The van der Waals surface area contributed by atoms with Crippen molar-refractivity contribution in [1.82, 2.24) is 9.21 Å². The van der Waals surface area contributed by atoms with Crippen LogP contribution in [0, 0.1) is 0 Å². The van der Waals surface area contributed by atoms with E-state index in [1.807, 2.05) is 38.1 Å².